The van der Waals surface area contributed by atoms with Gasteiger partial charge in [0.25, 0.3) is 0 Å². The summed E-state index contributed by atoms with van der Waals surface area (Å²) in [5, 5.41) is 0. The van der Waals surface area contributed by atoms with Crippen molar-refractivity contribution in [2.24, 2.45) is 0 Å². The molecule has 0 aliphatic heterocycles. The number of alkyl halides is 1. The molecule has 0 bridgehead atoms. The summed E-state index contributed by atoms with van der Waals surface area (Å²) in [5.74, 6) is 0.445. The molecule has 0 atom stereocenters. The van der Waals surface area contributed by atoms with Crippen molar-refractivity contribution in [2.75, 3.05) is 26.7 Å². The topological polar surface area (TPSA) is 38.5 Å². The molecule has 0 radical (unpaired) electrons. The third-order valence-electron chi connectivity index (χ3n) is 2.88. The lowest BCUT2D eigenvalue weighted by Crippen LogP contribution is -2.11. The number of anilines is 1. The largest absolute Gasteiger partial charge is 0.463 e. The van der Waals surface area contributed by atoms with Crippen LogP contribution in [0.3, 0.4) is 0 Å². The van der Waals surface area contributed by atoms with Gasteiger partial charge in [-0.05, 0) is 37.9 Å². The Morgan fingerprint density at radius 2 is 1.90 bits per heavy atom. The number of hydrogen-bond donors (Lipinski definition) is 1. The third-order valence-corrected chi connectivity index (χ3v) is 4.09. The van der Waals surface area contributed by atoms with E-state index in [1.165, 1.54) is 5.56 Å². The number of nitrogen functional groups attached to an aromatic ring is 1. The van der Waals surface area contributed by atoms with E-state index in [0.717, 1.165) is 16.3 Å². The molecule has 0 spiro atoms. The molecule has 0 fully saturated rings. The molecule has 0 aliphatic rings. The first-order chi connectivity index (χ1) is 10.1. The number of halogens is 1. The van der Waals surface area contributed by atoms with Crippen molar-refractivity contribution in [3.05, 3.63) is 48.0 Å². The molecule has 112 valence electrons. The number of ether oxygens (including phenoxy) is 1. The molecule has 21 heavy (non-hydrogen) atoms. The van der Waals surface area contributed by atoms with E-state index in [-0.39, 0.29) is 0 Å². The zero-order chi connectivity index (χ0) is 15.2. The Kier molecular flexibility index (Phi) is 5.47. The van der Waals surface area contributed by atoms with Crippen LogP contribution in [0.15, 0.2) is 52.3 Å². The van der Waals surface area contributed by atoms with Crippen LogP contribution in [0.25, 0.3) is 0 Å². The van der Waals surface area contributed by atoms with Crippen molar-refractivity contribution in [1.29, 1.82) is 0 Å². The van der Waals surface area contributed by atoms with Crippen molar-refractivity contribution in [3.63, 3.8) is 0 Å². The first kappa shape index (κ1) is 15.7. The Bertz CT molecular complexity index is 605. The number of nitrogens with zero attached hydrogens (tertiary/aromatic N) is 1. The molecule has 2 aromatic carbocycles. The Hall–Kier alpha value is -1.72. The first-order valence-corrected chi connectivity index (χ1v) is 7.40. The summed E-state index contributed by atoms with van der Waals surface area (Å²) in [6.45, 7) is 0.0176. The van der Waals surface area contributed by atoms with Gasteiger partial charge < -0.3 is 15.4 Å². The molecule has 2 rings (SSSR count). The van der Waals surface area contributed by atoms with E-state index < -0.39 is 6.86 Å². The van der Waals surface area contributed by atoms with E-state index in [1.54, 1.807) is 23.9 Å². The zero-order valence-electron chi connectivity index (χ0n) is 12.2. The smallest absolute Gasteiger partial charge is 0.228 e. The van der Waals surface area contributed by atoms with Gasteiger partial charge in [0.2, 0.25) is 6.86 Å². The number of nitrogens with two attached hydrogens (primary N) is 1. The predicted molar refractivity (Wildman–Crippen MR) is 85.4 cm³/mol. The molecule has 0 saturated carbocycles. The molecule has 0 amide bonds. The monoisotopic (exact) mass is 306 g/mol. The summed E-state index contributed by atoms with van der Waals surface area (Å²) in [6.07, 6.45) is 0. The van der Waals surface area contributed by atoms with Gasteiger partial charge in [-0.2, -0.15) is 0 Å². The Labute approximate surface area is 128 Å². The highest BCUT2D eigenvalue weighted by Gasteiger charge is 2.08. The molecule has 0 aromatic heterocycles. The summed E-state index contributed by atoms with van der Waals surface area (Å²) in [4.78, 5) is 4.23. The predicted octanol–water partition coefficient (Wildman–Crippen LogP) is 3.79. The SMILES string of the molecule is CN(C)Cc1ccccc1Sc1ccc(OCF)cc1N. The fraction of sp³-hybridized carbons (Fsp3) is 0.250. The molecule has 2 N–H and O–H groups in total. The van der Waals surface area contributed by atoms with Crippen LogP contribution in [0.1, 0.15) is 5.56 Å². The molecule has 2 aromatic rings. The maximum absolute atomic E-state index is 12.2. The van der Waals surface area contributed by atoms with Crippen molar-refractivity contribution in [3.8, 4) is 5.75 Å². The van der Waals surface area contributed by atoms with Crippen molar-refractivity contribution in [2.45, 2.75) is 16.3 Å². The molecule has 0 aliphatic carbocycles. The molecular formula is C16H19FN2OS. The number of benzene rings is 2. The Balaban J connectivity index is 2.22. The zero-order valence-corrected chi connectivity index (χ0v) is 13.0. The highest BCUT2D eigenvalue weighted by atomic mass is 32.2. The van der Waals surface area contributed by atoms with Gasteiger partial charge in [-0.3, -0.25) is 0 Å². The van der Waals surface area contributed by atoms with Gasteiger partial charge in [0.1, 0.15) is 5.75 Å². The van der Waals surface area contributed by atoms with E-state index in [1.807, 2.05) is 32.3 Å². The summed E-state index contributed by atoms with van der Waals surface area (Å²) < 4.78 is 17.0. The minimum absolute atomic E-state index is 0.445. The second kappa shape index (κ2) is 7.33. The van der Waals surface area contributed by atoms with Crippen LogP contribution in [0.5, 0.6) is 5.75 Å². The second-order valence-electron chi connectivity index (χ2n) is 4.90. The van der Waals surface area contributed by atoms with Crippen LogP contribution in [-0.4, -0.2) is 25.9 Å². The first-order valence-electron chi connectivity index (χ1n) is 6.59. The van der Waals surface area contributed by atoms with Gasteiger partial charge in [-0.1, -0.05) is 30.0 Å². The van der Waals surface area contributed by atoms with E-state index in [2.05, 4.69) is 17.0 Å². The lowest BCUT2D eigenvalue weighted by Gasteiger charge is -2.14. The third kappa shape index (κ3) is 4.37. The quantitative estimate of drug-likeness (QED) is 0.824. The normalized spacial score (nSPS) is 10.9. The van der Waals surface area contributed by atoms with Crippen LogP contribution in [0.2, 0.25) is 0 Å². The molecular weight excluding hydrogens is 287 g/mol. The van der Waals surface area contributed by atoms with Gasteiger partial charge in [-0.25, -0.2) is 4.39 Å². The van der Waals surface area contributed by atoms with Gasteiger partial charge >= 0.3 is 0 Å². The van der Waals surface area contributed by atoms with Gasteiger partial charge in [-0.15, -0.1) is 0 Å². The highest BCUT2D eigenvalue weighted by Crippen LogP contribution is 2.36. The van der Waals surface area contributed by atoms with Gasteiger partial charge in [0.05, 0.1) is 0 Å². The maximum atomic E-state index is 12.2. The van der Waals surface area contributed by atoms with E-state index >= 15 is 0 Å². The Morgan fingerprint density at radius 1 is 1.14 bits per heavy atom. The summed E-state index contributed by atoms with van der Waals surface area (Å²) in [6, 6.07) is 13.5. The van der Waals surface area contributed by atoms with Crippen molar-refractivity contribution < 1.29 is 9.13 Å². The lowest BCUT2D eigenvalue weighted by atomic mass is 10.2. The molecule has 5 heteroatoms. The van der Waals surface area contributed by atoms with Crippen LogP contribution in [0, 0.1) is 0 Å². The van der Waals surface area contributed by atoms with Crippen molar-refractivity contribution in [1.82, 2.24) is 4.90 Å². The molecule has 0 unspecified atom stereocenters. The number of rotatable bonds is 6. The van der Waals surface area contributed by atoms with Crippen LogP contribution < -0.4 is 10.5 Å². The van der Waals surface area contributed by atoms with Crippen LogP contribution in [-0.2, 0) is 6.54 Å². The van der Waals surface area contributed by atoms with Gasteiger partial charge in [0.15, 0.2) is 0 Å². The lowest BCUT2D eigenvalue weighted by molar-refractivity contribution is 0.192. The van der Waals surface area contributed by atoms with Crippen LogP contribution >= 0.6 is 11.8 Å². The fourth-order valence-corrected chi connectivity index (χ4v) is 2.93. The summed E-state index contributed by atoms with van der Waals surface area (Å²) >= 11 is 1.61. The minimum Gasteiger partial charge on any atom is -0.463 e. The summed E-state index contributed by atoms with van der Waals surface area (Å²) in [5.41, 5.74) is 7.85. The van der Waals surface area contributed by atoms with Gasteiger partial charge in [0, 0.05) is 28.1 Å². The molecule has 0 heterocycles. The Morgan fingerprint density at radius 3 is 2.57 bits per heavy atom. The van der Waals surface area contributed by atoms with E-state index in [9.17, 15) is 4.39 Å². The minimum atomic E-state index is -0.850. The second-order valence-corrected chi connectivity index (χ2v) is 5.98. The average Bonchev–Trinajstić information content (AvgIpc) is 2.43. The van der Waals surface area contributed by atoms with Crippen LogP contribution in [0.4, 0.5) is 10.1 Å². The van der Waals surface area contributed by atoms with E-state index in [0.29, 0.717) is 11.4 Å². The summed E-state index contributed by atoms with van der Waals surface area (Å²) in [7, 11) is 4.08. The number of hydrogen-bond acceptors (Lipinski definition) is 4. The highest BCUT2D eigenvalue weighted by molar-refractivity contribution is 7.99. The molecule has 3 nitrogen and oxygen atoms in total. The average molecular weight is 306 g/mol. The standard InChI is InChI=1S/C16H19FN2OS/c1-19(2)10-12-5-3-4-6-15(12)21-16-8-7-13(20-11-17)9-14(16)18/h3-9H,10-11,18H2,1-2H3. The maximum Gasteiger partial charge on any atom is 0.228 e. The van der Waals surface area contributed by atoms with E-state index in [4.69, 9.17) is 10.5 Å². The molecule has 0 saturated heterocycles. The van der Waals surface area contributed by atoms with Crippen molar-refractivity contribution >= 4 is 17.4 Å². The fourth-order valence-electron chi connectivity index (χ4n) is 1.97.